The van der Waals surface area contributed by atoms with Crippen LogP contribution in [0.2, 0.25) is 0 Å². The molecule has 0 aliphatic heterocycles. The Hall–Kier alpha value is -0.910. The van der Waals surface area contributed by atoms with Gasteiger partial charge in [-0.25, -0.2) is 13.1 Å². The largest absolute Gasteiger partial charge is 0.392 e. The van der Waals surface area contributed by atoms with Crippen LogP contribution in [0, 0.1) is 0 Å². The minimum Gasteiger partial charge on any atom is -0.392 e. The summed E-state index contributed by atoms with van der Waals surface area (Å²) in [6, 6.07) is 6.84. The van der Waals surface area contributed by atoms with Crippen LogP contribution in [0.3, 0.4) is 0 Å². The maximum Gasteiger partial charge on any atom is 0.240 e. The molecule has 0 aliphatic carbocycles. The second-order valence-electron chi connectivity index (χ2n) is 4.43. The van der Waals surface area contributed by atoms with Crippen molar-refractivity contribution in [2.75, 3.05) is 6.54 Å². The van der Waals surface area contributed by atoms with Gasteiger partial charge in [0.2, 0.25) is 10.0 Å². The van der Waals surface area contributed by atoms with Gasteiger partial charge in [-0.1, -0.05) is 26.0 Å². The van der Waals surface area contributed by atoms with Crippen LogP contribution in [0.25, 0.3) is 0 Å². The van der Waals surface area contributed by atoms with E-state index in [1.807, 2.05) is 19.9 Å². The van der Waals surface area contributed by atoms with Crippen molar-refractivity contribution in [2.45, 2.75) is 37.7 Å². The van der Waals surface area contributed by atoms with Gasteiger partial charge in [0.1, 0.15) is 0 Å². The van der Waals surface area contributed by atoms with Crippen molar-refractivity contribution < 1.29 is 13.5 Å². The zero-order chi connectivity index (χ0) is 13.1. The van der Waals surface area contributed by atoms with Crippen LogP contribution >= 0.6 is 0 Å². The lowest BCUT2D eigenvalue weighted by Crippen LogP contribution is -2.30. The third-order valence-corrected chi connectivity index (χ3v) is 3.83. The molecule has 0 saturated carbocycles. The van der Waals surface area contributed by atoms with Crippen LogP contribution in [0.5, 0.6) is 0 Å². The van der Waals surface area contributed by atoms with E-state index in [9.17, 15) is 8.42 Å². The Labute approximate surface area is 103 Å². The normalized spacial score (nSPS) is 13.9. The number of rotatable bonds is 5. The van der Waals surface area contributed by atoms with Crippen molar-refractivity contribution >= 4 is 10.0 Å². The van der Waals surface area contributed by atoms with Gasteiger partial charge in [-0.3, -0.25) is 0 Å². The van der Waals surface area contributed by atoms with Gasteiger partial charge in [0.25, 0.3) is 0 Å². The van der Waals surface area contributed by atoms with E-state index in [-0.39, 0.29) is 17.4 Å². The highest BCUT2D eigenvalue weighted by Crippen LogP contribution is 2.18. The lowest BCUT2D eigenvalue weighted by Gasteiger charge is -2.11. The molecule has 0 amide bonds. The zero-order valence-corrected chi connectivity index (χ0v) is 11.2. The summed E-state index contributed by atoms with van der Waals surface area (Å²) < 4.78 is 26.1. The first-order valence-corrected chi connectivity index (χ1v) is 7.09. The molecular weight excluding hydrogens is 238 g/mol. The number of nitrogens with one attached hydrogen (secondary N) is 1. The summed E-state index contributed by atoms with van der Waals surface area (Å²) >= 11 is 0. The third-order valence-electron chi connectivity index (χ3n) is 2.40. The lowest BCUT2D eigenvalue weighted by molar-refractivity contribution is 0.198. The minimum absolute atomic E-state index is 0.0221. The summed E-state index contributed by atoms with van der Waals surface area (Å²) in [6.45, 7) is 5.57. The van der Waals surface area contributed by atoms with E-state index in [2.05, 4.69) is 4.72 Å². The van der Waals surface area contributed by atoms with Crippen molar-refractivity contribution in [1.29, 1.82) is 0 Å². The number of aliphatic hydroxyl groups is 1. The summed E-state index contributed by atoms with van der Waals surface area (Å²) in [5.74, 6) is 0.280. The highest BCUT2D eigenvalue weighted by Gasteiger charge is 2.15. The van der Waals surface area contributed by atoms with Crippen molar-refractivity contribution in [2.24, 2.45) is 0 Å². The number of hydrogen-bond donors (Lipinski definition) is 2. The van der Waals surface area contributed by atoms with Crippen LogP contribution in [0.4, 0.5) is 0 Å². The van der Waals surface area contributed by atoms with Gasteiger partial charge < -0.3 is 5.11 Å². The summed E-state index contributed by atoms with van der Waals surface area (Å²) in [6.07, 6.45) is -0.696. The Morgan fingerprint density at radius 1 is 1.29 bits per heavy atom. The maximum absolute atomic E-state index is 11.9. The molecule has 1 aromatic carbocycles. The zero-order valence-electron chi connectivity index (χ0n) is 10.3. The Balaban J connectivity index is 2.95. The van der Waals surface area contributed by atoms with Gasteiger partial charge in [0, 0.05) is 6.54 Å². The molecule has 5 heteroatoms. The number of sulfonamides is 1. The molecule has 1 atom stereocenters. The minimum atomic E-state index is -3.52. The monoisotopic (exact) mass is 257 g/mol. The average molecular weight is 257 g/mol. The molecule has 17 heavy (non-hydrogen) atoms. The first-order chi connectivity index (χ1) is 7.83. The molecule has 1 aromatic rings. The number of hydrogen-bond acceptors (Lipinski definition) is 3. The first kappa shape index (κ1) is 14.2. The number of benzene rings is 1. The van der Waals surface area contributed by atoms with E-state index >= 15 is 0 Å². The van der Waals surface area contributed by atoms with Gasteiger partial charge in [-0.2, -0.15) is 0 Å². The van der Waals surface area contributed by atoms with Crippen LogP contribution in [-0.2, 0) is 10.0 Å². The summed E-state index contributed by atoms with van der Waals surface area (Å²) in [5.41, 5.74) is 0.977. The highest BCUT2D eigenvalue weighted by atomic mass is 32.2. The van der Waals surface area contributed by atoms with Gasteiger partial charge in [-0.05, 0) is 30.5 Å². The van der Waals surface area contributed by atoms with Crippen LogP contribution in [-0.4, -0.2) is 26.2 Å². The van der Waals surface area contributed by atoms with E-state index < -0.39 is 16.1 Å². The van der Waals surface area contributed by atoms with E-state index in [1.165, 1.54) is 6.92 Å². The predicted octanol–water partition coefficient (Wildman–Crippen LogP) is 1.47. The van der Waals surface area contributed by atoms with Crippen molar-refractivity contribution in [3.8, 4) is 0 Å². The standard InChI is InChI=1S/C12H19NO3S/c1-9(2)11-5-4-6-12(7-11)17(15,16)13-8-10(3)14/h4-7,9-10,13-14H,8H2,1-3H3. The summed E-state index contributed by atoms with van der Waals surface area (Å²) in [7, 11) is -3.52. The molecular formula is C12H19NO3S. The van der Waals surface area contributed by atoms with Crippen molar-refractivity contribution in [3.05, 3.63) is 29.8 Å². The molecule has 0 saturated heterocycles. The second kappa shape index (κ2) is 5.62. The maximum atomic E-state index is 11.9. The fourth-order valence-electron chi connectivity index (χ4n) is 1.35. The fraction of sp³-hybridized carbons (Fsp3) is 0.500. The molecule has 2 N–H and O–H groups in total. The first-order valence-electron chi connectivity index (χ1n) is 5.60. The lowest BCUT2D eigenvalue weighted by atomic mass is 10.0. The van der Waals surface area contributed by atoms with E-state index in [0.717, 1.165) is 5.56 Å². The Morgan fingerprint density at radius 2 is 1.94 bits per heavy atom. The van der Waals surface area contributed by atoms with E-state index in [1.54, 1.807) is 18.2 Å². The molecule has 0 aliphatic rings. The smallest absolute Gasteiger partial charge is 0.240 e. The van der Waals surface area contributed by atoms with E-state index in [0.29, 0.717) is 0 Å². The predicted molar refractivity (Wildman–Crippen MR) is 67.4 cm³/mol. The topological polar surface area (TPSA) is 66.4 Å². The van der Waals surface area contributed by atoms with E-state index in [4.69, 9.17) is 5.11 Å². The van der Waals surface area contributed by atoms with Gasteiger partial charge >= 0.3 is 0 Å². The van der Waals surface area contributed by atoms with Crippen LogP contribution in [0.15, 0.2) is 29.2 Å². The fourth-order valence-corrected chi connectivity index (χ4v) is 2.53. The molecule has 1 rings (SSSR count). The Kier molecular flexibility index (Phi) is 4.68. The Morgan fingerprint density at radius 3 is 2.47 bits per heavy atom. The third kappa shape index (κ3) is 4.11. The summed E-state index contributed by atoms with van der Waals surface area (Å²) in [4.78, 5) is 0.240. The Bertz CT molecular complexity index is 466. The molecule has 0 radical (unpaired) electrons. The van der Waals surface area contributed by atoms with Gasteiger partial charge in [0.15, 0.2) is 0 Å². The molecule has 0 fully saturated rings. The molecule has 0 bridgehead atoms. The molecule has 0 heterocycles. The molecule has 1 unspecified atom stereocenters. The highest BCUT2D eigenvalue weighted by molar-refractivity contribution is 7.89. The van der Waals surface area contributed by atoms with Gasteiger partial charge in [-0.15, -0.1) is 0 Å². The molecule has 4 nitrogen and oxygen atoms in total. The van der Waals surface area contributed by atoms with Crippen molar-refractivity contribution in [1.82, 2.24) is 4.72 Å². The SMILES string of the molecule is CC(O)CNS(=O)(=O)c1cccc(C(C)C)c1. The average Bonchev–Trinajstić information content (AvgIpc) is 2.27. The number of aliphatic hydroxyl groups excluding tert-OH is 1. The quantitative estimate of drug-likeness (QED) is 0.839. The molecule has 0 aromatic heterocycles. The second-order valence-corrected chi connectivity index (χ2v) is 6.20. The summed E-state index contributed by atoms with van der Waals surface area (Å²) in [5, 5.41) is 9.08. The van der Waals surface area contributed by atoms with Crippen LogP contribution in [0.1, 0.15) is 32.3 Å². The van der Waals surface area contributed by atoms with Crippen molar-refractivity contribution in [3.63, 3.8) is 0 Å². The molecule has 96 valence electrons. The van der Waals surface area contributed by atoms with Crippen LogP contribution < -0.4 is 4.72 Å². The molecule has 0 spiro atoms. The van der Waals surface area contributed by atoms with Gasteiger partial charge in [0.05, 0.1) is 11.0 Å².